The molecule has 1 N–H and O–H groups in total. The minimum atomic E-state index is -1.03. The highest BCUT2D eigenvalue weighted by Crippen LogP contribution is 2.34. The molecule has 1 unspecified atom stereocenters. The molecule has 1 amide bonds. The first-order valence-corrected chi connectivity index (χ1v) is 10.4. The van der Waals surface area contributed by atoms with E-state index in [1.54, 1.807) is 11.1 Å². The predicted octanol–water partition coefficient (Wildman–Crippen LogP) is 4.34. The van der Waals surface area contributed by atoms with Gasteiger partial charge in [0.1, 0.15) is 5.60 Å². The molecule has 31 heavy (non-hydrogen) atoms. The fourth-order valence-electron chi connectivity index (χ4n) is 4.23. The maximum Gasteiger partial charge on any atom is 0.254 e. The van der Waals surface area contributed by atoms with Crippen molar-refractivity contribution in [2.45, 2.75) is 18.9 Å². The van der Waals surface area contributed by atoms with E-state index in [9.17, 15) is 9.90 Å². The van der Waals surface area contributed by atoms with Crippen LogP contribution in [0.5, 0.6) is 0 Å². The van der Waals surface area contributed by atoms with Crippen molar-refractivity contribution in [1.82, 2.24) is 14.9 Å². The summed E-state index contributed by atoms with van der Waals surface area (Å²) in [4.78, 5) is 24.4. The van der Waals surface area contributed by atoms with Crippen molar-refractivity contribution in [1.29, 1.82) is 0 Å². The topological polar surface area (TPSA) is 66.3 Å². The molecular weight excluding hydrogens is 386 g/mol. The minimum absolute atomic E-state index is 0.0983. The van der Waals surface area contributed by atoms with Crippen molar-refractivity contribution < 1.29 is 9.90 Å². The Labute approximate surface area is 181 Å². The summed E-state index contributed by atoms with van der Waals surface area (Å²) in [5.41, 5.74) is 3.68. The standard InChI is InChI=1S/C26H23N3O2/c1-18-9-11-19(12-10-18)26(31)13-15-29(17-26)25(30)21-16-24(23-8-4-5-14-27-23)28-22-7-3-2-6-20(21)22/h2-12,14,16,31H,13,15,17H2,1H3. The Morgan fingerprint density at radius 1 is 1.00 bits per heavy atom. The predicted molar refractivity (Wildman–Crippen MR) is 121 cm³/mol. The van der Waals surface area contributed by atoms with Gasteiger partial charge in [-0.05, 0) is 43.2 Å². The number of aryl methyl sites for hydroxylation is 1. The van der Waals surface area contributed by atoms with Crippen LogP contribution in [-0.4, -0.2) is 39.0 Å². The van der Waals surface area contributed by atoms with Crippen molar-refractivity contribution in [3.8, 4) is 11.4 Å². The molecule has 1 aliphatic heterocycles. The Morgan fingerprint density at radius 3 is 2.55 bits per heavy atom. The van der Waals surface area contributed by atoms with Crippen LogP contribution in [0.2, 0.25) is 0 Å². The lowest BCUT2D eigenvalue weighted by Gasteiger charge is -2.24. The van der Waals surface area contributed by atoms with E-state index in [4.69, 9.17) is 4.98 Å². The molecule has 0 radical (unpaired) electrons. The molecule has 1 fully saturated rings. The molecule has 1 aliphatic rings. The van der Waals surface area contributed by atoms with Crippen LogP contribution >= 0.6 is 0 Å². The van der Waals surface area contributed by atoms with Gasteiger partial charge in [-0.25, -0.2) is 4.98 Å². The Balaban J connectivity index is 1.52. The summed E-state index contributed by atoms with van der Waals surface area (Å²) in [6.45, 7) is 2.79. The van der Waals surface area contributed by atoms with Gasteiger partial charge in [0, 0.05) is 18.1 Å². The molecule has 0 saturated carbocycles. The number of amides is 1. The van der Waals surface area contributed by atoms with Crippen LogP contribution in [0.4, 0.5) is 0 Å². The summed E-state index contributed by atoms with van der Waals surface area (Å²) < 4.78 is 0. The van der Waals surface area contributed by atoms with Crippen LogP contribution in [0.1, 0.15) is 27.9 Å². The maximum atomic E-state index is 13.6. The lowest BCUT2D eigenvalue weighted by molar-refractivity contribution is 0.0418. The van der Waals surface area contributed by atoms with E-state index < -0.39 is 5.60 Å². The van der Waals surface area contributed by atoms with Gasteiger partial charge in [0.2, 0.25) is 0 Å². The quantitative estimate of drug-likeness (QED) is 0.547. The van der Waals surface area contributed by atoms with Crippen molar-refractivity contribution >= 4 is 16.8 Å². The van der Waals surface area contributed by atoms with Crippen LogP contribution < -0.4 is 0 Å². The van der Waals surface area contributed by atoms with Crippen LogP contribution in [-0.2, 0) is 5.60 Å². The zero-order valence-corrected chi connectivity index (χ0v) is 17.3. The molecule has 5 heteroatoms. The second-order valence-corrected chi connectivity index (χ2v) is 8.16. The molecule has 154 valence electrons. The number of aliphatic hydroxyl groups is 1. The number of rotatable bonds is 3. The van der Waals surface area contributed by atoms with Gasteiger partial charge in [-0.3, -0.25) is 9.78 Å². The number of nitrogens with zero attached hydrogens (tertiary/aromatic N) is 3. The monoisotopic (exact) mass is 409 g/mol. The Morgan fingerprint density at radius 2 is 1.77 bits per heavy atom. The number of hydrogen-bond acceptors (Lipinski definition) is 4. The van der Waals surface area contributed by atoms with Gasteiger partial charge in [0.15, 0.2) is 0 Å². The fraction of sp³-hybridized carbons (Fsp3) is 0.192. The Bertz CT molecular complexity index is 1250. The number of β-amino-alcohol motifs (C(OH)–C–C–N with tert-alkyl or cyclic N) is 1. The van der Waals surface area contributed by atoms with E-state index in [-0.39, 0.29) is 12.5 Å². The summed E-state index contributed by atoms with van der Waals surface area (Å²) in [7, 11) is 0. The highest BCUT2D eigenvalue weighted by Gasteiger charge is 2.40. The number of aromatic nitrogens is 2. The number of carbonyl (C=O) groups is 1. The third-order valence-corrected chi connectivity index (χ3v) is 6.00. The number of likely N-dealkylation sites (tertiary alicyclic amines) is 1. The van der Waals surface area contributed by atoms with Crippen molar-refractivity contribution in [3.63, 3.8) is 0 Å². The summed E-state index contributed by atoms with van der Waals surface area (Å²) in [6.07, 6.45) is 2.23. The highest BCUT2D eigenvalue weighted by atomic mass is 16.3. The average molecular weight is 409 g/mol. The van der Waals surface area contributed by atoms with E-state index in [0.717, 1.165) is 27.7 Å². The van der Waals surface area contributed by atoms with Crippen LogP contribution in [0.15, 0.2) is 79.0 Å². The summed E-state index contributed by atoms with van der Waals surface area (Å²) in [6, 6.07) is 23.0. The molecule has 2 aromatic heterocycles. The van der Waals surface area contributed by atoms with E-state index in [1.807, 2.05) is 79.7 Å². The zero-order chi connectivity index (χ0) is 21.4. The highest BCUT2D eigenvalue weighted by molar-refractivity contribution is 6.07. The first-order chi connectivity index (χ1) is 15.0. The van der Waals surface area contributed by atoms with Gasteiger partial charge in [-0.15, -0.1) is 0 Å². The zero-order valence-electron chi connectivity index (χ0n) is 17.3. The van der Waals surface area contributed by atoms with E-state index in [0.29, 0.717) is 24.2 Å². The van der Waals surface area contributed by atoms with Crippen molar-refractivity contribution in [2.24, 2.45) is 0 Å². The summed E-state index contributed by atoms with van der Waals surface area (Å²) >= 11 is 0. The third-order valence-electron chi connectivity index (χ3n) is 6.00. The van der Waals surface area contributed by atoms with Gasteiger partial charge in [0.05, 0.1) is 29.0 Å². The van der Waals surface area contributed by atoms with E-state index in [2.05, 4.69) is 4.98 Å². The van der Waals surface area contributed by atoms with Crippen molar-refractivity contribution in [3.05, 3.63) is 95.7 Å². The number of pyridine rings is 2. The summed E-state index contributed by atoms with van der Waals surface area (Å²) in [5.74, 6) is -0.0983. The lowest BCUT2D eigenvalue weighted by Crippen LogP contribution is -2.34. The molecule has 0 aliphatic carbocycles. The molecule has 0 bridgehead atoms. The SMILES string of the molecule is Cc1ccc(C2(O)CCN(C(=O)c3cc(-c4ccccn4)nc4ccccc34)C2)cc1. The van der Waals surface area contributed by atoms with E-state index in [1.165, 1.54) is 0 Å². The molecule has 2 aromatic carbocycles. The van der Waals surface area contributed by atoms with Gasteiger partial charge < -0.3 is 10.0 Å². The number of fused-ring (bicyclic) bond motifs is 1. The van der Waals surface area contributed by atoms with Crippen molar-refractivity contribution in [2.75, 3.05) is 13.1 Å². The lowest BCUT2D eigenvalue weighted by atomic mass is 9.92. The van der Waals surface area contributed by atoms with Crippen LogP contribution in [0, 0.1) is 6.92 Å². The summed E-state index contributed by atoms with van der Waals surface area (Å²) in [5, 5.41) is 12.1. The van der Waals surface area contributed by atoms with Gasteiger partial charge in [-0.1, -0.05) is 54.1 Å². The molecule has 1 saturated heterocycles. The van der Waals surface area contributed by atoms with Gasteiger partial charge in [0.25, 0.3) is 5.91 Å². The molecule has 5 rings (SSSR count). The maximum absolute atomic E-state index is 13.6. The second kappa shape index (κ2) is 7.60. The van der Waals surface area contributed by atoms with Gasteiger partial charge in [-0.2, -0.15) is 0 Å². The average Bonchev–Trinajstić information content (AvgIpc) is 3.22. The van der Waals surface area contributed by atoms with Crippen LogP contribution in [0.25, 0.3) is 22.3 Å². The Hall–Kier alpha value is -3.57. The van der Waals surface area contributed by atoms with Gasteiger partial charge >= 0.3 is 0 Å². The largest absolute Gasteiger partial charge is 0.383 e. The molecule has 1 atom stereocenters. The Kier molecular flexibility index (Phi) is 4.75. The molecule has 5 nitrogen and oxygen atoms in total. The smallest absolute Gasteiger partial charge is 0.254 e. The number of hydrogen-bond donors (Lipinski definition) is 1. The molecular formula is C26H23N3O2. The molecule has 4 aromatic rings. The third kappa shape index (κ3) is 3.57. The first kappa shape index (κ1) is 19.4. The number of carbonyl (C=O) groups excluding carboxylic acids is 1. The van der Waals surface area contributed by atoms with E-state index >= 15 is 0 Å². The fourth-order valence-corrected chi connectivity index (χ4v) is 4.23. The number of para-hydroxylation sites is 1. The van der Waals surface area contributed by atoms with Crippen LogP contribution in [0.3, 0.4) is 0 Å². The molecule has 0 spiro atoms. The minimum Gasteiger partial charge on any atom is -0.383 e. The molecule has 3 heterocycles. The normalized spacial score (nSPS) is 18.5. The number of benzene rings is 2. The second-order valence-electron chi connectivity index (χ2n) is 8.16. The first-order valence-electron chi connectivity index (χ1n) is 10.4.